The molecule has 1 radical (unpaired) electrons. The summed E-state index contributed by atoms with van der Waals surface area (Å²) in [5.41, 5.74) is -0.0926. The highest BCUT2D eigenvalue weighted by Crippen LogP contribution is 2.34. The van der Waals surface area contributed by atoms with Crippen molar-refractivity contribution in [2.24, 2.45) is 11.3 Å². The Labute approximate surface area is 62.8 Å². The third-order valence-corrected chi connectivity index (χ3v) is 2.39. The van der Waals surface area contributed by atoms with Crippen LogP contribution in [0.15, 0.2) is 0 Å². The number of ketones is 1. The number of Topliss-reactive ketones (excluding diaryl/α,β-unsaturated/α-hetero) is 1. The summed E-state index contributed by atoms with van der Waals surface area (Å²) >= 11 is 0. The van der Waals surface area contributed by atoms with Crippen molar-refractivity contribution >= 4 is 5.78 Å². The summed E-state index contributed by atoms with van der Waals surface area (Å²) in [6.45, 7) is 7.87. The predicted octanol–water partition coefficient (Wildman–Crippen LogP) is 2.22. The molecule has 57 valence electrons. The predicted molar refractivity (Wildman–Crippen MR) is 41.5 cm³/mol. The van der Waals surface area contributed by atoms with Gasteiger partial charge in [-0.1, -0.05) is 20.3 Å². The van der Waals surface area contributed by atoms with Crippen LogP contribution in [0.4, 0.5) is 0 Å². The molecule has 0 bridgehead atoms. The van der Waals surface area contributed by atoms with Gasteiger partial charge in [0, 0.05) is 11.3 Å². The Morgan fingerprint density at radius 3 is 2.60 bits per heavy atom. The van der Waals surface area contributed by atoms with Crippen molar-refractivity contribution in [3.05, 3.63) is 6.92 Å². The van der Waals surface area contributed by atoms with Crippen molar-refractivity contribution in [2.75, 3.05) is 0 Å². The normalized spacial score (nSPS) is 32.3. The fraction of sp³-hybridized carbons (Fsp3) is 0.778. The number of hydrogen-bond donors (Lipinski definition) is 0. The minimum Gasteiger partial charge on any atom is -0.299 e. The fourth-order valence-corrected chi connectivity index (χ4v) is 1.60. The van der Waals surface area contributed by atoms with Crippen LogP contribution in [0, 0.1) is 18.3 Å². The van der Waals surface area contributed by atoms with Crippen molar-refractivity contribution in [3.63, 3.8) is 0 Å². The quantitative estimate of drug-likeness (QED) is 0.503. The molecule has 1 saturated carbocycles. The summed E-state index contributed by atoms with van der Waals surface area (Å²) in [7, 11) is 0. The molecule has 1 nitrogen and oxygen atoms in total. The SMILES string of the molecule is [CH2]C1CCCC(C)(C)C1=O. The molecule has 1 aliphatic rings. The van der Waals surface area contributed by atoms with Crippen molar-refractivity contribution in [3.8, 4) is 0 Å². The van der Waals surface area contributed by atoms with Crippen LogP contribution in [0.2, 0.25) is 0 Å². The van der Waals surface area contributed by atoms with E-state index in [1.54, 1.807) is 0 Å². The lowest BCUT2D eigenvalue weighted by Crippen LogP contribution is -2.33. The first-order valence-corrected chi connectivity index (χ1v) is 3.91. The lowest BCUT2D eigenvalue weighted by atomic mass is 9.72. The maximum Gasteiger partial charge on any atom is 0.141 e. The summed E-state index contributed by atoms with van der Waals surface area (Å²) < 4.78 is 0. The second-order valence-electron chi connectivity index (χ2n) is 3.84. The van der Waals surface area contributed by atoms with Crippen LogP contribution in [-0.4, -0.2) is 5.78 Å². The molecular weight excluding hydrogens is 124 g/mol. The van der Waals surface area contributed by atoms with Gasteiger partial charge in [0.25, 0.3) is 0 Å². The monoisotopic (exact) mass is 139 g/mol. The molecule has 0 aromatic heterocycles. The van der Waals surface area contributed by atoms with E-state index in [9.17, 15) is 4.79 Å². The maximum absolute atomic E-state index is 11.4. The van der Waals surface area contributed by atoms with Crippen LogP contribution >= 0.6 is 0 Å². The van der Waals surface area contributed by atoms with Crippen LogP contribution in [-0.2, 0) is 4.79 Å². The molecule has 1 aliphatic carbocycles. The molecule has 0 N–H and O–H groups in total. The zero-order valence-corrected chi connectivity index (χ0v) is 6.81. The van der Waals surface area contributed by atoms with E-state index in [1.165, 1.54) is 0 Å². The first-order chi connectivity index (χ1) is 4.54. The van der Waals surface area contributed by atoms with Crippen molar-refractivity contribution in [1.82, 2.24) is 0 Å². The molecule has 0 aliphatic heterocycles. The molecule has 1 heteroatoms. The first-order valence-electron chi connectivity index (χ1n) is 3.91. The van der Waals surface area contributed by atoms with Crippen LogP contribution in [0.5, 0.6) is 0 Å². The molecule has 0 amide bonds. The van der Waals surface area contributed by atoms with Gasteiger partial charge in [-0.2, -0.15) is 0 Å². The van der Waals surface area contributed by atoms with E-state index >= 15 is 0 Å². The Morgan fingerprint density at radius 1 is 1.60 bits per heavy atom. The van der Waals surface area contributed by atoms with E-state index in [0.29, 0.717) is 5.78 Å². The highest BCUT2D eigenvalue weighted by Gasteiger charge is 2.34. The molecule has 0 aromatic carbocycles. The zero-order valence-electron chi connectivity index (χ0n) is 6.81. The van der Waals surface area contributed by atoms with Crippen molar-refractivity contribution < 1.29 is 4.79 Å². The number of rotatable bonds is 0. The van der Waals surface area contributed by atoms with E-state index in [0.717, 1.165) is 19.3 Å². The average molecular weight is 139 g/mol. The molecule has 1 unspecified atom stereocenters. The van der Waals surface area contributed by atoms with E-state index in [1.807, 2.05) is 13.8 Å². The first kappa shape index (κ1) is 7.77. The van der Waals surface area contributed by atoms with Gasteiger partial charge in [0.1, 0.15) is 5.78 Å². The molecule has 0 spiro atoms. The maximum atomic E-state index is 11.4. The Kier molecular flexibility index (Phi) is 1.84. The van der Waals surface area contributed by atoms with Crippen molar-refractivity contribution in [2.45, 2.75) is 33.1 Å². The lowest BCUT2D eigenvalue weighted by Gasteiger charge is -2.31. The summed E-state index contributed by atoms with van der Waals surface area (Å²) in [6, 6.07) is 0. The molecule has 0 heterocycles. The minimum atomic E-state index is -0.0926. The molecule has 0 aromatic rings. The molecule has 1 fully saturated rings. The lowest BCUT2D eigenvalue weighted by molar-refractivity contribution is -0.132. The summed E-state index contributed by atoms with van der Waals surface area (Å²) in [4.78, 5) is 11.4. The topological polar surface area (TPSA) is 17.1 Å². The molecule has 0 saturated heterocycles. The summed E-state index contributed by atoms with van der Waals surface area (Å²) in [5.74, 6) is 0.405. The number of carbonyl (C=O) groups excluding carboxylic acids is 1. The van der Waals surface area contributed by atoms with E-state index in [-0.39, 0.29) is 11.3 Å². The Balaban J connectivity index is 2.70. The van der Waals surface area contributed by atoms with Crippen molar-refractivity contribution in [1.29, 1.82) is 0 Å². The average Bonchev–Trinajstić information content (AvgIpc) is 1.83. The van der Waals surface area contributed by atoms with Gasteiger partial charge in [-0.05, 0) is 19.8 Å². The third kappa shape index (κ3) is 1.23. The Bertz CT molecular complexity index is 147. The van der Waals surface area contributed by atoms with Gasteiger partial charge in [-0.3, -0.25) is 4.79 Å². The third-order valence-electron chi connectivity index (χ3n) is 2.39. The van der Waals surface area contributed by atoms with Gasteiger partial charge >= 0.3 is 0 Å². The number of hydrogen-bond acceptors (Lipinski definition) is 1. The van der Waals surface area contributed by atoms with Crippen LogP contribution in [0.1, 0.15) is 33.1 Å². The Hall–Kier alpha value is -0.330. The van der Waals surface area contributed by atoms with E-state index in [4.69, 9.17) is 0 Å². The van der Waals surface area contributed by atoms with E-state index < -0.39 is 0 Å². The largest absolute Gasteiger partial charge is 0.299 e. The highest BCUT2D eigenvalue weighted by atomic mass is 16.1. The summed E-state index contributed by atoms with van der Waals surface area (Å²) in [5, 5.41) is 0. The van der Waals surface area contributed by atoms with Crippen LogP contribution in [0.3, 0.4) is 0 Å². The van der Waals surface area contributed by atoms with Gasteiger partial charge in [0.15, 0.2) is 0 Å². The molecule has 1 atom stereocenters. The zero-order chi connectivity index (χ0) is 7.78. The van der Waals surface area contributed by atoms with Gasteiger partial charge in [0.05, 0.1) is 0 Å². The molecular formula is C9H15O. The smallest absolute Gasteiger partial charge is 0.141 e. The van der Waals surface area contributed by atoms with Gasteiger partial charge < -0.3 is 0 Å². The molecule has 10 heavy (non-hydrogen) atoms. The van der Waals surface area contributed by atoms with Gasteiger partial charge in [-0.15, -0.1) is 0 Å². The minimum absolute atomic E-state index is 0.0590. The van der Waals surface area contributed by atoms with E-state index in [2.05, 4.69) is 6.92 Å². The number of carbonyl (C=O) groups is 1. The van der Waals surface area contributed by atoms with Crippen LogP contribution < -0.4 is 0 Å². The van der Waals surface area contributed by atoms with Gasteiger partial charge in [0.2, 0.25) is 0 Å². The fourth-order valence-electron chi connectivity index (χ4n) is 1.60. The molecule has 1 rings (SSSR count). The summed E-state index contributed by atoms with van der Waals surface area (Å²) in [6.07, 6.45) is 3.19. The second-order valence-corrected chi connectivity index (χ2v) is 3.84. The van der Waals surface area contributed by atoms with Crippen LogP contribution in [0.25, 0.3) is 0 Å². The Morgan fingerprint density at radius 2 is 2.20 bits per heavy atom. The van der Waals surface area contributed by atoms with Gasteiger partial charge in [-0.25, -0.2) is 0 Å². The second kappa shape index (κ2) is 2.37. The highest BCUT2D eigenvalue weighted by molar-refractivity contribution is 5.87. The standard InChI is InChI=1S/C9H15O/c1-7-5-4-6-9(2,3)8(7)10/h7H,1,4-6H2,2-3H3.